The summed E-state index contributed by atoms with van der Waals surface area (Å²) in [7, 11) is 1.86. The molecule has 0 saturated heterocycles. The topological polar surface area (TPSA) is 31.9 Å². The third-order valence-electron chi connectivity index (χ3n) is 1.99. The molecule has 0 fully saturated rings. The van der Waals surface area contributed by atoms with Crippen LogP contribution in [0.25, 0.3) is 11.3 Å². The van der Waals surface area contributed by atoms with E-state index >= 15 is 0 Å². The number of aryl methyl sites for hydroxylation is 1. The normalized spacial score (nSPS) is 10.2. The number of nitrogens with zero attached hydrogens (tertiary/aromatic N) is 2. The van der Waals surface area contributed by atoms with E-state index in [0.29, 0.717) is 0 Å². The molecule has 0 saturated carbocycles. The molecule has 0 unspecified atom stereocenters. The molecule has 1 aromatic carbocycles. The molecule has 0 aliphatic rings. The summed E-state index contributed by atoms with van der Waals surface area (Å²) in [5.41, 5.74) is 1.98. The molecule has 0 aliphatic heterocycles. The van der Waals surface area contributed by atoms with Gasteiger partial charge in [0, 0.05) is 5.56 Å². The minimum atomic E-state index is 0.808. The van der Waals surface area contributed by atoms with Gasteiger partial charge in [-0.15, -0.1) is 0 Å². The molecule has 66 valence electrons. The lowest BCUT2D eigenvalue weighted by Gasteiger charge is -1.94. The van der Waals surface area contributed by atoms with Crippen LogP contribution in [0, 0.1) is 5.21 Å². The van der Waals surface area contributed by atoms with Crippen LogP contribution < -0.4 is 4.73 Å². The predicted octanol–water partition coefficient (Wildman–Crippen LogP) is 1.33. The standard InChI is InChI=1S/C10H10N2O/c1-11-8-12(13)7-10(11)9-5-3-2-4-6-9/h2-8H,1H3. The summed E-state index contributed by atoms with van der Waals surface area (Å²) < 4.78 is 2.62. The van der Waals surface area contributed by atoms with Crippen molar-refractivity contribution >= 4 is 0 Å². The van der Waals surface area contributed by atoms with Gasteiger partial charge < -0.3 is 5.21 Å². The zero-order chi connectivity index (χ0) is 9.26. The second-order valence-corrected chi connectivity index (χ2v) is 2.97. The molecule has 1 aromatic heterocycles. The van der Waals surface area contributed by atoms with Crippen molar-refractivity contribution in [2.75, 3.05) is 0 Å². The van der Waals surface area contributed by atoms with Crippen LogP contribution in [-0.2, 0) is 7.05 Å². The van der Waals surface area contributed by atoms with E-state index in [4.69, 9.17) is 0 Å². The quantitative estimate of drug-likeness (QED) is 0.474. The maximum Gasteiger partial charge on any atom is 0.247 e. The summed E-state index contributed by atoms with van der Waals surface area (Å²) in [6.07, 6.45) is 3.07. The second kappa shape index (κ2) is 2.94. The zero-order valence-corrected chi connectivity index (χ0v) is 7.34. The van der Waals surface area contributed by atoms with Crippen molar-refractivity contribution in [3.8, 4) is 11.3 Å². The lowest BCUT2D eigenvalue weighted by molar-refractivity contribution is -0.604. The third-order valence-corrected chi connectivity index (χ3v) is 1.99. The predicted molar refractivity (Wildman–Crippen MR) is 49.8 cm³/mol. The van der Waals surface area contributed by atoms with Crippen molar-refractivity contribution in [2.45, 2.75) is 0 Å². The Morgan fingerprint density at radius 2 is 1.92 bits per heavy atom. The van der Waals surface area contributed by atoms with Gasteiger partial charge in [0.15, 0.2) is 5.69 Å². The molecule has 0 spiro atoms. The average Bonchev–Trinajstić information content (AvgIpc) is 2.47. The van der Waals surface area contributed by atoms with Crippen LogP contribution in [-0.4, -0.2) is 4.57 Å². The first kappa shape index (κ1) is 7.86. The number of benzene rings is 1. The van der Waals surface area contributed by atoms with Crippen molar-refractivity contribution < 1.29 is 4.73 Å². The van der Waals surface area contributed by atoms with Crippen molar-refractivity contribution in [1.82, 2.24) is 4.57 Å². The van der Waals surface area contributed by atoms with Crippen LogP contribution in [0.1, 0.15) is 0 Å². The summed E-state index contributed by atoms with van der Waals surface area (Å²) in [5.74, 6) is 0. The van der Waals surface area contributed by atoms with Crippen LogP contribution in [0.5, 0.6) is 0 Å². The Morgan fingerprint density at radius 1 is 1.23 bits per heavy atom. The molecule has 2 aromatic rings. The smallest absolute Gasteiger partial charge is 0.247 e. The number of hydrogen-bond acceptors (Lipinski definition) is 1. The molecule has 0 atom stereocenters. The molecule has 3 nitrogen and oxygen atoms in total. The molecular formula is C10H10N2O. The SMILES string of the molecule is Cn1c[n+]([O-])cc1-c1ccccc1. The Kier molecular flexibility index (Phi) is 1.77. The highest BCUT2D eigenvalue weighted by atomic mass is 16.5. The minimum Gasteiger partial charge on any atom is -0.711 e. The van der Waals surface area contributed by atoms with Crippen LogP contribution in [0.2, 0.25) is 0 Å². The Balaban J connectivity index is 2.53. The molecule has 0 radical (unpaired) electrons. The minimum absolute atomic E-state index is 0.808. The molecule has 1 heterocycles. The summed E-state index contributed by atoms with van der Waals surface area (Å²) in [4.78, 5) is 0. The van der Waals surface area contributed by atoms with E-state index in [1.165, 1.54) is 6.33 Å². The molecule has 13 heavy (non-hydrogen) atoms. The number of aromatic nitrogens is 2. The highest BCUT2D eigenvalue weighted by molar-refractivity contribution is 5.57. The Morgan fingerprint density at radius 3 is 2.46 bits per heavy atom. The number of hydrogen-bond donors (Lipinski definition) is 0. The third kappa shape index (κ3) is 1.40. The molecular weight excluding hydrogens is 164 g/mol. The van der Waals surface area contributed by atoms with Crippen LogP contribution in [0.15, 0.2) is 42.9 Å². The van der Waals surface area contributed by atoms with Gasteiger partial charge in [-0.2, -0.15) is 0 Å². The van der Waals surface area contributed by atoms with E-state index in [0.717, 1.165) is 16.0 Å². The molecule has 0 bridgehead atoms. The Bertz CT molecular complexity index is 406. The Labute approximate surface area is 76.5 Å². The van der Waals surface area contributed by atoms with E-state index in [-0.39, 0.29) is 0 Å². The van der Waals surface area contributed by atoms with Crippen molar-refractivity contribution in [3.05, 3.63) is 48.1 Å². The van der Waals surface area contributed by atoms with Crippen LogP contribution in [0.3, 0.4) is 0 Å². The molecule has 0 amide bonds. The zero-order valence-electron chi connectivity index (χ0n) is 7.34. The van der Waals surface area contributed by atoms with E-state index in [9.17, 15) is 5.21 Å². The largest absolute Gasteiger partial charge is 0.711 e. The van der Waals surface area contributed by atoms with Gasteiger partial charge in [-0.25, -0.2) is 9.30 Å². The van der Waals surface area contributed by atoms with Crippen molar-refractivity contribution in [3.63, 3.8) is 0 Å². The monoisotopic (exact) mass is 174 g/mol. The molecule has 0 aliphatic carbocycles. The van der Waals surface area contributed by atoms with E-state index in [1.807, 2.05) is 41.9 Å². The first-order chi connectivity index (χ1) is 6.27. The lowest BCUT2D eigenvalue weighted by Crippen LogP contribution is -2.21. The van der Waals surface area contributed by atoms with Gasteiger partial charge in [0.25, 0.3) is 0 Å². The highest BCUT2D eigenvalue weighted by Crippen LogP contribution is 2.15. The van der Waals surface area contributed by atoms with Gasteiger partial charge in [-0.05, 0) is 0 Å². The van der Waals surface area contributed by atoms with E-state index in [2.05, 4.69) is 0 Å². The van der Waals surface area contributed by atoms with Gasteiger partial charge in [0.05, 0.1) is 7.05 Å². The fourth-order valence-corrected chi connectivity index (χ4v) is 1.36. The van der Waals surface area contributed by atoms with Gasteiger partial charge in [0.1, 0.15) is 6.20 Å². The summed E-state index contributed by atoms with van der Waals surface area (Å²) in [6.45, 7) is 0. The van der Waals surface area contributed by atoms with Crippen molar-refractivity contribution in [2.24, 2.45) is 7.05 Å². The van der Waals surface area contributed by atoms with Crippen LogP contribution >= 0.6 is 0 Å². The fraction of sp³-hybridized carbons (Fsp3) is 0.100. The molecule has 2 rings (SSSR count). The van der Waals surface area contributed by atoms with Gasteiger partial charge >= 0.3 is 0 Å². The average molecular weight is 174 g/mol. The summed E-state index contributed by atoms with van der Waals surface area (Å²) >= 11 is 0. The lowest BCUT2D eigenvalue weighted by atomic mass is 10.2. The van der Waals surface area contributed by atoms with Gasteiger partial charge in [-0.3, -0.25) is 0 Å². The van der Waals surface area contributed by atoms with Crippen LogP contribution in [0.4, 0.5) is 0 Å². The fourth-order valence-electron chi connectivity index (χ4n) is 1.36. The first-order valence-corrected chi connectivity index (χ1v) is 4.08. The van der Waals surface area contributed by atoms with E-state index in [1.54, 1.807) is 6.20 Å². The molecule has 3 heteroatoms. The highest BCUT2D eigenvalue weighted by Gasteiger charge is 2.07. The Hall–Kier alpha value is -1.77. The van der Waals surface area contributed by atoms with Gasteiger partial charge in [0.2, 0.25) is 6.33 Å². The maximum atomic E-state index is 11.0. The summed E-state index contributed by atoms with van der Waals surface area (Å²) in [5, 5.41) is 11.0. The maximum absolute atomic E-state index is 11.0. The van der Waals surface area contributed by atoms with Gasteiger partial charge in [-0.1, -0.05) is 30.3 Å². The second-order valence-electron chi connectivity index (χ2n) is 2.97. The van der Waals surface area contributed by atoms with Crippen molar-refractivity contribution in [1.29, 1.82) is 0 Å². The summed E-state index contributed by atoms with van der Waals surface area (Å²) in [6, 6.07) is 9.83. The number of imidazole rings is 1. The number of rotatable bonds is 1. The first-order valence-electron chi connectivity index (χ1n) is 4.08. The molecule has 0 N–H and O–H groups in total. The van der Waals surface area contributed by atoms with E-state index < -0.39 is 0 Å².